The third kappa shape index (κ3) is 3.51. The molecule has 1 aliphatic carbocycles. The van der Waals surface area contributed by atoms with Crippen molar-refractivity contribution in [1.82, 2.24) is 5.32 Å². The molecule has 2 aromatic rings. The second kappa shape index (κ2) is 7.70. The summed E-state index contributed by atoms with van der Waals surface area (Å²) in [6.45, 7) is 0. The van der Waals surface area contributed by atoms with Crippen LogP contribution in [0.25, 0.3) is 0 Å². The third-order valence-electron chi connectivity index (χ3n) is 5.15. The first-order valence-electron chi connectivity index (χ1n) is 8.29. The number of nitrogens with one attached hydrogen (secondary N) is 1. The number of amides is 1. The van der Waals surface area contributed by atoms with Gasteiger partial charge in [-0.2, -0.15) is 0 Å². The SMILES string of the molecule is C.O=C1N(c2cc(Cl)cc(Cl)c2)C(=S)N[C@@]12CCC[C@H]2c1ccc(Br)cc1. The summed E-state index contributed by atoms with van der Waals surface area (Å²) in [5.74, 6) is 0.0342. The van der Waals surface area contributed by atoms with E-state index < -0.39 is 5.54 Å². The number of anilines is 1. The zero-order valence-electron chi connectivity index (χ0n) is 13.6. The van der Waals surface area contributed by atoms with Crippen LogP contribution in [-0.2, 0) is 4.79 Å². The first-order valence-corrected chi connectivity index (χ1v) is 10.2. The summed E-state index contributed by atoms with van der Waals surface area (Å²) >= 11 is 21.2. The average Bonchev–Trinajstić information content (AvgIpc) is 3.09. The van der Waals surface area contributed by atoms with Crippen molar-refractivity contribution in [1.29, 1.82) is 0 Å². The lowest BCUT2D eigenvalue weighted by Crippen LogP contribution is -2.49. The molecule has 1 N–H and O–H groups in total. The molecule has 7 heteroatoms. The quantitative estimate of drug-likeness (QED) is 0.505. The molecule has 27 heavy (non-hydrogen) atoms. The molecular formula is C20H19BrCl2N2OS. The van der Waals surface area contributed by atoms with Crippen molar-refractivity contribution in [2.75, 3.05) is 4.90 Å². The number of thiocarbonyl (C=S) groups is 1. The van der Waals surface area contributed by atoms with E-state index in [2.05, 4.69) is 33.4 Å². The third-order valence-corrected chi connectivity index (χ3v) is 6.40. The number of hydrogen-bond acceptors (Lipinski definition) is 2. The Kier molecular flexibility index (Phi) is 5.88. The van der Waals surface area contributed by atoms with Crippen molar-refractivity contribution in [2.45, 2.75) is 38.1 Å². The maximum absolute atomic E-state index is 13.5. The van der Waals surface area contributed by atoms with Crippen molar-refractivity contribution in [3.63, 3.8) is 0 Å². The van der Waals surface area contributed by atoms with E-state index >= 15 is 0 Å². The monoisotopic (exact) mass is 484 g/mol. The first kappa shape index (κ1) is 20.6. The van der Waals surface area contributed by atoms with Gasteiger partial charge in [0.1, 0.15) is 5.54 Å². The summed E-state index contributed by atoms with van der Waals surface area (Å²) in [5.41, 5.74) is 1.03. The normalized spacial score (nSPS) is 24.3. The van der Waals surface area contributed by atoms with Crippen molar-refractivity contribution in [2.24, 2.45) is 0 Å². The largest absolute Gasteiger partial charge is 0.347 e. The fourth-order valence-corrected chi connectivity index (χ4v) is 5.20. The van der Waals surface area contributed by atoms with Gasteiger partial charge >= 0.3 is 0 Å². The van der Waals surface area contributed by atoms with Crippen LogP contribution in [0.2, 0.25) is 10.0 Å². The van der Waals surface area contributed by atoms with E-state index in [1.807, 2.05) is 12.1 Å². The Balaban J connectivity index is 0.00000210. The summed E-state index contributed by atoms with van der Waals surface area (Å²) in [6.07, 6.45) is 2.65. The Morgan fingerprint density at radius 1 is 1.15 bits per heavy atom. The fourth-order valence-electron chi connectivity index (χ4n) is 4.05. The van der Waals surface area contributed by atoms with Gasteiger partial charge in [-0.3, -0.25) is 9.69 Å². The number of carbonyl (C=O) groups excluding carboxylic acids is 1. The maximum atomic E-state index is 13.5. The first-order chi connectivity index (χ1) is 12.4. The highest BCUT2D eigenvalue weighted by molar-refractivity contribution is 9.10. The maximum Gasteiger partial charge on any atom is 0.259 e. The molecule has 0 aromatic heterocycles. The smallest absolute Gasteiger partial charge is 0.259 e. The van der Waals surface area contributed by atoms with Crippen LogP contribution < -0.4 is 10.2 Å². The average molecular weight is 486 g/mol. The van der Waals surface area contributed by atoms with Crippen LogP contribution in [0.4, 0.5) is 5.69 Å². The van der Waals surface area contributed by atoms with Crippen LogP contribution in [0.3, 0.4) is 0 Å². The van der Waals surface area contributed by atoms with Crippen LogP contribution in [-0.4, -0.2) is 16.6 Å². The van der Waals surface area contributed by atoms with Gasteiger partial charge in [-0.15, -0.1) is 0 Å². The van der Waals surface area contributed by atoms with Crippen LogP contribution in [0, 0.1) is 0 Å². The Morgan fingerprint density at radius 3 is 2.41 bits per heavy atom. The van der Waals surface area contributed by atoms with E-state index in [1.165, 1.54) is 4.90 Å². The highest BCUT2D eigenvalue weighted by atomic mass is 79.9. The molecule has 142 valence electrons. The van der Waals surface area contributed by atoms with Gasteiger partial charge in [0.05, 0.1) is 5.69 Å². The zero-order valence-corrected chi connectivity index (χ0v) is 17.6. The Labute approximate surface area is 183 Å². The Hall–Kier alpha value is -1.14. The second-order valence-electron chi connectivity index (χ2n) is 6.67. The van der Waals surface area contributed by atoms with E-state index in [0.29, 0.717) is 20.8 Å². The molecule has 3 nitrogen and oxygen atoms in total. The molecule has 1 saturated carbocycles. The number of benzene rings is 2. The molecule has 0 radical (unpaired) electrons. The molecule has 0 bridgehead atoms. The predicted molar refractivity (Wildman–Crippen MR) is 120 cm³/mol. The number of hydrogen-bond donors (Lipinski definition) is 1. The van der Waals surface area contributed by atoms with Gasteiger partial charge in [-0.25, -0.2) is 0 Å². The molecule has 0 unspecified atom stereocenters. The highest BCUT2D eigenvalue weighted by Gasteiger charge is 2.57. The minimum atomic E-state index is -0.709. The lowest BCUT2D eigenvalue weighted by molar-refractivity contribution is -0.122. The summed E-state index contributed by atoms with van der Waals surface area (Å²) in [4.78, 5) is 15.0. The van der Waals surface area contributed by atoms with Gasteiger partial charge in [0.2, 0.25) is 0 Å². The number of nitrogens with zero attached hydrogens (tertiary/aromatic N) is 1. The predicted octanol–water partition coefficient (Wildman–Crippen LogP) is 6.32. The van der Waals surface area contributed by atoms with Crippen molar-refractivity contribution in [3.8, 4) is 0 Å². The van der Waals surface area contributed by atoms with Gasteiger partial charge in [-0.05, 0) is 67.4 Å². The molecule has 4 rings (SSSR count). The Bertz CT molecular complexity index is 885. The standard InChI is InChI=1S/C19H15BrCl2N2OS.CH4/c20-12-5-3-11(4-6-12)16-2-1-7-19(16)17(25)24(18(26)23-19)15-9-13(21)8-14(22)10-15;/h3-6,8-10,16H,1-2,7H2,(H,23,26);1H4/t16-,19+;/m0./s1. The van der Waals surface area contributed by atoms with Crippen LogP contribution >= 0.6 is 51.3 Å². The second-order valence-corrected chi connectivity index (χ2v) is 8.84. The van der Waals surface area contributed by atoms with Crippen molar-refractivity contribution >= 4 is 68.1 Å². The van der Waals surface area contributed by atoms with E-state index in [-0.39, 0.29) is 19.3 Å². The topological polar surface area (TPSA) is 32.3 Å². The minimum absolute atomic E-state index is 0. The Morgan fingerprint density at radius 2 is 1.78 bits per heavy atom. The summed E-state index contributed by atoms with van der Waals surface area (Å²) in [6, 6.07) is 13.2. The molecule has 2 fully saturated rings. The number of rotatable bonds is 2. The lowest BCUT2D eigenvalue weighted by Gasteiger charge is -2.29. The van der Waals surface area contributed by atoms with E-state index in [9.17, 15) is 4.79 Å². The zero-order chi connectivity index (χ0) is 18.5. The van der Waals surface area contributed by atoms with Gasteiger partial charge in [0.25, 0.3) is 5.91 Å². The van der Waals surface area contributed by atoms with Crippen molar-refractivity contribution in [3.05, 3.63) is 62.5 Å². The van der Waals surface area contributed by atoms with Gasteiger partial charge in [0, 0.05) is 20.4 Å². The lowest BCUT2D eigenvalue weighted by atomic mass is 9.82. The van der Waals surface area contributed by atoms with Crippen LogP contribution in [0.15, 0.2) is 46.9 Å². The molecule has 1 saturated heterocycles. The number of carbonyl (C=O) groups is 1. The summed E-state index contributed by atoms with van der Waals surface area (Å²) in [5, 5.41) is 4.68. The summed E-state index contributed by atoms with van der Waals surface area (Å²) < 4.78 is 1.02. The molecule has 2 aromatic carbocycles. The summed E-state index contributed by atoms with van der Waals surface area (Å²) in [7, 11) is 0. The van der Waals surface area contributed by atoms with Crippen LogP contribution in [0.5, 0.6) is 0 Å². The molecule has 1 spiro atoms. The minimum Gasteiger partial charge on any atom is -0.347 e. The molecule has 1 aliphatic heterocycles. The van der Waals surface area contributed by atoms with E-state index in [4.69, 9.17) is 35.4 Å². The highest BCUT2D eigenvalue weighted by Crippen LogP contribution is 2.47. The molecule has 2 aliphatic rings. The van der Waals surface area contributed by atoms with Gasteiger partial charge in [0.15, 0.2) is 5.11 Å². The van der Waals surface area contributed by atoms with Gasteiger partial charge < -0.3 is 5.32 Å². The number of halogens is 3. The van der Waals surface area contributed by atoms with E-state index in [1.54, 1.807) is 18.2 Å². The molecule has 1 heterocycles. The van der Waals surface area contributed by atoms with Gasteiger partial charge in [-0.1, -0.05) is 58.7 Å². The fraction of sp³-hybridized carbons (Fsp3) is 0.300. The van der Waals surface area contributed by atoms with Crippen molar-refractivity contribution < 1.29 is 4.79 Å². The molecular weight excluding hydrogens is 467 g/mol. The van der Waals surface area contributed by atoms with Crippen LogP contribution in [0.1, 0.15) is 38.2 Å². The van der Waals surface area contributed by atoms with E-state index in [0.717, 1.165) is 29.3 Å². The molecule has 1 amide bonds. The molecule has 2 atom stereocenters.